The molecule has 2 aliphatic rings. The fraction of sp³-hybridized carbons (Fsp3) is 0.533. The molecule has 124 valence electrons. The summed E-state index contributed by atoms with van der Waals surface area (Å²) in [4.78, 5) is 16.8. The molecule has 1 aromatic carbocycles. The monoisotopic (exact) mass is 337 g/mol. The van der Waals surface area contributed by atoms with Crippen molar-refractivity contribution in [1.29, 1.82) is 0 Å². The van der Waals surface area contributed by atoms with Gasteiger partial charge in [0.1, 0.15) is 0 Å². The van der Waals surface area contributed by atoms with Crippen LogP contribution >= 0.6 is 0 Å². The average Bonchev–Trinajstić information content (AvgIpc) is 2.93. The Morgan fingerprint density at radius 3 is 2.78 bits per heavy atom. The number of H-pyrrole nitrogens is 2. The summed E-state index contributed by atoms with van der Waals surface area (Å²) in [5.74, 6) is 0. The van der Waals surface area contributed by atoms with E-state index in [2.05, 4.69) is 9.97 Å². The van der Waals surface area contributed by atoms with Crippen LogP contribution in [0, 0.1) is 0 Å². The van der Waals surface area contributed by atoms with Crippen molar-refractivity contribution in [3.05, 3.63) is 28.7 Å². The van der Waals surface area contributed by atoms with Crippen LogP contribution in [0.4, 0.5) is 0 Å². The van der Waals surface area contributed by atoms with Crippen LogP contribution in [0.5, 0.6) is 0 Å². The van der Waals surface area contributed by atoms with E-state index in [-0.39, 0.29) is 22.7 Å². The number of aromatic amines is 2. The lowest BCUT2D eigenvalue weighted by Gasteiger charge is -2.42. The topological polar surface area (TPSA) is 95.3 Å². The zero-order valence-corrected chi connectivity index (χ0v) is 13.4. The first-order chi connectivity index (χ1) is 11.1. The molecule has 1 aliphatic carbocycles. The van der Waals surface area contributed by atoms with E-state index in [1.807, 2.05) is 0 Å². The van der Waals surface area contributed by atoms with Crippen LogP contribution in [0.15, 0.2) is 27.9 Å². The van der Waals surface area contributed by atoms with Crippen molar-refractivity contribution in [1.82, 2.24) is 14.3 Å². The first-order valence-electron chi connectivity index (χ1n) is 7.91. The Kier molecular flexibility index (Phi) is 3.55. The molecule has 2 atom stereocenters. The molecule has 2 fully saturated rings. The standard InChI is InChI=1S/C15H19N3O4S/c19-15-16-11-6-5-10(9-12(11)17-15)23(20,21)18-7-8-22-14-4-2-1-3-13(14)18/h5-6,9,13-14H,1-4,7-8H2,(H2,16,17,19). The summed E-state index contributed by atoms with van der Waals surface area (Å²) in [5, 5.41) is 0. The number of rotatable bonds is 2. The highest BCUT2D eigenvalue weighted by Gasteiger charge is 2.40. The zero-order chi connectivity index (χ0) is 16.0. The zero-order valence-electron chi connectivity index (χ0n) is 12.6. The Morgan fingerprint density at radius 2 is 1.91 bits per heavy atom. The predicted molar refractivity (Wildman–Crippen MR) is 84.8 cm³/mol. The Bertz CT molecular complexity index is 884. The lowest BCUT2D eigenvalue weighted by molar-refractivity contribution is -0.0586. The van der Waals surface area contributed by atoms with Gasteiger partial charge in [0, 0.05) is 6.54 Å². The minimum absolute atomic E-state index is 0.00284. The molecule has 7 nitrogen and oxygen atoms in total. The number of sulfonamides is 1. The highest BCUT2D eigenvalue weighted by molar-refractivity contribution is 7.89. The van der Waals surface area contributed by atoms with Gasteiger partial charge in [-0.15, -0.1) is 0 Å². The van der Waals surface area contributed by atoms with Gasteiger partial charge < -0.3 is 14.7 Å². The number of imidazole rings is 1. The van der Waals surface area contributed by atoms with Gasteiger partial charge in [0.15, 0.2) is 0 Å². The van der Waals surface area contributed by atoms with E-state index < -0.39 is 10.0 Å². The van der Waals surface area contributed by atoms with Crippen molar-refractivity contribution in [2.24, 2.45) is 0 Å². The van der Waals surface area contributed by atoms with Gasteiger partial charge in [-0.1, -0.05) is 12.8 Å². The summed E-state index contributed by atoms with van der Waals surface area (Å²) in [6.45, 7) is 0.814. The smallest absolute Gasteiger partial charge is 0.323 e. The van der Waals surface area contributed by atoms with Gasteiger partial charge in [0.2, 0.25) is 10.0 Å². The Hall–Kier alpha value is -1.64. The molecule has 0 amide bonds. The van der Waals surface area contributed by atoms with Crippen LogP contribution in [0.1, 0.15) is 25.7 Å². The largest absolute Gasteiger partial charge is 0.375 e. The van der Waals surface area contributed by atoms with E-state index in [1.165, 1.54) is 6.07 Å². The van der Waals surface area contributed by atoms with Crippen LogP contribution in [0.2, 0.25) is 0 Å². The average molecular weight is 337 g/mol. The molecule has 8 heteroatoms. The maximum absolute atomic E-state index is 13.1. The second-order valence-electron chi connectivity index (χ2n) is 6.16. The Morgan fingerprint density at radius 1 is 1.13 bits per heavy atom. The molecular weight excluding hydrogens is 318 g/mol. The van der Waals surface area contributed by atoms with E-state index in [0.29, 0.717) is 24.2 Å². The number of morpholine rings is 1. The van der Waals surface area contributed by atoms with Crippen LogP contribution in [0.3, 0.4) is 0 Å². The summed E-state index contributed by atoms with van der Waals surface area (Å²) in [6, 6.07) is 4.62. The molecule has 0 bridgehead atoms. The summed E-state index contributed by atoms with van der Waals surface area (Å²) in [5.41, 5.74) is 0.768. The number of ether oxygens (including phenoxy) is 1. The SMILES string of the molecule is O=c1[nH]c2ccc(S(=O)(=O)N3CCOC4CCCCC43)cc2[nH]1. The molecule has 2 N–H and O–H groups in total. The minimum atomic E-state index is -3.60. The minimum Gasteiger partial charge on any atom is -0.375 e. The molecule has 2 unspecified atom stereocenters. The van der Waals surface area contributed by atoms with Crippen LogP contribution in [-0.2, 0) is 14.8 Å². The molecule has 1 saturated heterocycles. The highest BCUT2D eigenvalue weighted by atomic mass is 32.2. The number of benzene rings is 1. The van der Waals surface area contributed by atoms with Gasteiger partial charge in [0.25, 0.3) is 0 Å². The third-order valence-corrected chi connectivity index (χ3v) is 6.70. The number of nitrogens with zero attached hydrogens (tertiary/aromatic N) is 1. The molecule has 1 saturated carbocycles. The van der Waals surface area contributed by atoms with Gasteiger partial charge in [0.05, 0.1) is 34.7 Å². The van der Waals surface area contributed by atoms with Gasteiger partial charge in [-0.2, -0.15) is 4.31 Å². The maximum atomic E-state index is 13.1. The predicted octanol–water partition coefficient (Wildman–Crippen LogP) is 1.19. The second-order valence-corrected chi connectivity index (χ2v) is 8.05. The van der Waals surface area contributed by atoms with E-state index >= 15 is 0 Å². The molecule has 23 heavy (non-hydrogen) atoms. The fourth-order valence-corrected chi connectivity index (χ4v) is 5.36. The van der Waals surface area contributed by atoms with E-state index in [0.717, 1.165) is 25.7 Å². The van der Waals surface area contributed by atoms with E-state index in [4.69, 9.17) is 4.74 Å². The quantitative estimate of drug-likeness (QED) is 0.860. The molecule has 0 spiro atoms. The normalized spacial score (nSPS) is 26.3. The summed E-state index contributed by atoms with van der Waals surface area (Å²) >= 11 is 0. The second kappa shape index (κ2) is 5.47. The van der Waals surface area contributed by atoms with Crippen molar-refractivity contribution in [2.75, 3.05) is 13.2 Å². The first-order valence-corrected chi connectivity index (χ1v) is 9.35. The third-order valence-electron chi connectivity index (χ3n) is 4.78. The van der Waals surface area contributed by atoms with E-state index in [9.17, 15) is 13.2 Å². The van der Waals surface area contributed by atoms with Crippen LogP contribution < -0.4 is 5.69 Å². The number of fused-ring (bicyclic) bond motifs is 2. The number of hydrogen-bond donors (Lipinski definition) is 2. The van der Waals surface area contributed by atoms with Crippen molar-refractivity contribution in [3.8, 4) is 0 Å². The van der Waals surface area contributed by atoms with Gasteiger partial charge in [-0.05, 0) is 31.0 Å². The van der Waals surface area contributed by atoms with Crippen molar-refractivity contribution in [3.63, 3.8) is 0 Å². The molecule has 1 aromatic heterocycles. The molecule has 0 radical (unpaired) electrons. The number of hydrogen-bond acceptors (Lipinski definition) is 4. The van der Waals surface area contributed by atoms with Crippen LogP contribution in [0.25, 0.3) is 11.0 Å². The summed E-state index contributed by atoms with van der Waals surface area (Å²) < 4.78 is 33.5. The summed E-state index contributed by atoms with van der Waals surface area (Å²) in [7, 11) is -3.60. The maximum Gasteiger partial charge on any atom is 0.323 e. The Balaban J connectivity index is 1.73. The van der Waals surface area contributed by atoms with Gasteiger partial charge >= 0.3 is 5.69 Å². The third kappa shape index (κ3) is 2.50. The molecule has 1 aliphatic heterocycles. The fourth-order valence-electron chi connectivity index (χ4n) is 3.67. The summed E-state index contributed by atoms with van der Waals surface area (Å²) in [6.07, 6.45) is 3.88. The lowest BCUT2D eigenvalue weighted by atomic mass is 9.91. The number of aromatic nitrogens is 2. The number of nitrogens with one attached hydrogen (secondary N) is 2. The molecule has 4 rings (SSSR count). The highest BCUT2D eigenvalue weighted by Crippen LogP contribution is 2.32. The van der Waals surface area contributed by atoms with Gasteiger partial charge in [-0.3, -0.25) is 0 Å². The first kappa shape index (κ1) is 14.9. The van der Waals surface area contributed by atoms with E-state index in [1.54, 1.807) is 16.4 Å². The lowest BCUT2D eigenvalue weighted by Crippen LogP contribution is -2.54. The molecule has 2 aromatic rings. The van der Waals surface area contributed by atoms with Crippen molar-refractivity contribution >= 4 is 21.1 Å². The van der Waals surface area contributed by atoms with Crippen molar-refractivity contribution in [2.45, 2.75) is 42.7 Å². The Labute approximate surface area is 133 Å². The molecular formula is C15H19N3O4S. The van der Waals surface area contributed by atoms with Crippen LogP contribution in [-0.4, -0.2) is 48.0 Å². The molecule has 2 heterocycles. The van der Waals surface area contributed by atoms with Crippen molar-refractivity contribution < 1.29 is 13.2 Å². The van der Waals surface area contributed by atoms with Gasteiger partial charge in [-0.25, -0.2) is 13.2 Å².